The molecule has 0 spiro atoms. The topological polar surface area (TPSA) is 139 Å². The Balaban J connectivity index is 1.12. The molecule has 0 aliphatic carbocycles. The summed E-state index contributed by atoms with van der Waals surface area (Å²) in [6.07, 6.45) is -0.583. The first-order valence-corrected chi connectivity index (χ1v) is 17.7. The number of ketones is 1. The standard InChI is InChI=1S/C41H45NO11/c1-27(39(45)42-32(26-51-41(42)46)30-17-10-5-11-18-30)35-33(44)21-20-31(52-35)19-12-22-48-38-37(50-25-29-15-8-4-9-16-29)36(34(23-43)53-40(38)47-2)49-24-28-13-6-3-7-14-28/h3-11,13-21,27,32,34-38,40,43H,12,22-26H2,1-2H3/t27-,32+,34-,35-,36-,37+,38+,40+/m1/s1. The molecule has 2 saturated heterocycles. The van der Waals surface area contributed by atoms with Gasteiger partial charge in [-0.25, -0.2) is 9.69 Å². The Morgan fingerprint density at radius 3 is 2.11 bits per heavy atom. The predicted molar refractivity (Wildman–Crippen MR) is 191 cm³/mol. The Bertz CT molecular complexity index is 1720. The number of cyclic esters (lactones) is 1. The molecule has 8 atom stereocenters. The second-order valence-electron chi connectivity index (χ2n) is 13.0. The minimum atomic E-state index is -1.14. The van der Waals surface area contributed by atoms with Gasteiger partial charge in [0.2, 0.25) is 5.91 Å². The average Bonchev–Trinajstić information content (AvgIpc) is 3.59. The zero-order chi connectivity index (χ0) is 37.2. The largest absolute Gasteiger partial charge is 0.482 e. The summed E-state index contributed by atoms with van der Waals surface area (Å²) >= 11 is 0. The third-order valence-electron chi connectivity index (χ3n) is 9.44. The van der Waals surface area contributed by atoms with Gasteiger partial charge in [0.05, 0.1) is 32.3 Å². The summed E-state index contributed by atoms with van der Waals surface area (Å²) in [6.45, 7) is 1.99. The van der Waals surface area contributed by atoms with Gasteiger partial charge in [-0.15, -0.1) is 0 Å². The molecule has 3 aromatic carbocycles. The highest BCUT2D eigenvalue weighted by Gasteiger charge is 2.49. The van der Waals surface area contributed by atoms with E-state index in [0.717, 1.165) is 21.6 Å². The number of imide groups is 1. The van der Waals surface area contributed by atoms with Crippen LogP contribution in [0.15, 0.2) is 115 Å². The highest BCUT2D eigenvalue weighted by Crippen LogP contribution is 2.33. The zero-order valence-corrected chi connectivity index (χ0v) is 29.7. The Morgan fingerprint density at radius 2 is 1.49 bits per heavy atom. The molecule has 0 unspecified atom stereocenters. The van der Waals surface area contributed by atoms with Crippen LogP contribution in [-0.2, 0) is 56.0 Å². The molecule has 3 aliphatic rings. The smallest absolute Gasteiger partial charge is 0.417 e. The maximum Gasteiger partial charge on any atom is 0.417 e. The summed E-state index contributed by atoms with van der Waals surface area (Å²) in [5, 5.41) is 10.3. The lowest BCUT2D eigenvalue weighted by Gasteiger charge is -2.45. The molecule has 12 heteroatoms. The molecule has 3 heterocycles. The predicted octanol–water partition coefficient (Wildman–Crippen LogP) is 5.06. The molecule has 3 aliphatic heterocycles. The van der Waals surface area contributed by atoms with Gasteiger partial charge in [-0.05, 0) is 48.3 Å². The minimum Gasteiger partial charge on any atom is -0.482 e. The van der Waals surface area contributed by atoms with Crippen LogP contribution in [0.4, 0.5) is 4.79 Å². The third-order valence-corrected chi connectivity index (χ3v) is 9.44. The van der Waals surface area contributed by atoms with Crippen molar-refractivity contribution in [1.82, 2.24) is 4.90 Å². The van der Waals surface area contributed by atoms with Gasteiger partial charge in [-0.3, -0.25) is 9.59 Å². The molecule has 53 heavy (non-hydrogen) atoms. The maximum absolute atomic E-state index is 13.6. The summed E-state index contributed by atoms with van der Waals surface area (Å²) in [4.78, 5) is 40.3. The second kappa shape index (κ2) is 18.4. The molecule has 2 fully saturated rings. The summed E-state index contributed by atoms with van der Waals surface area (Å²) in [6, 6.07) is 27.9. The number of aliphatic hydroxyl groups excluding tert-OH is 1. The molecule has 6 rings (SSSR count). The summed E-state index contributed by atoms with van der Waals surface area (Å²) < 4.78 is 42.3. The van der Waals surface area contributed by atoms with Crippen LogP contribution < -0.4 is 0 Å². The minimum absolute atomic E-state index is 0.0283. The van der Waals surface area contributed by atoms with Crippen LogP contribution in [-0.4, -0.2) is 91.5 Å². The molecule has 1 N–H and O–H groups in total. The fraction of sp³-hybridized carbons (Fsp3) is 0.390. The van der Waals surface area contributed by atoms with E-state index in [-0.39, 0.29) is 38.8 Å². The lowest BCUT2D eigenvalue weighted by molar-refractivity contribution is -0.319. The number of amides is 2. The Hall–Kier alpha value is -4.69. The first-order chi connectivity index (χ1) is 25.9. The van der Waals surface area contributed by atoms with Crippen LogP contribution in [0.3, 0.4) is 0 Å². The van der Waals surface area contributed by atoms with Crippen LogP contribution in [0.1, 0.15) is 36.1 Å². The molecule has 0 radical (unpaired) electrons. The van der Waals surface area contributed by atoms with Crippen molar-refractivity contribution in [2.45, 2.75) is 69.4 Å². The molecule has 0 saturated carbocycles. The van der Waals surface area contributed by atoms with Gasteiger partial charge in [-0.1, -0.05) is 91.0 Å². The lowest BCUT2D eigenvalue weighted by Crippen LogP contribution is -2.61. The van der Waals surface area contributed by atoms with E-state index in [9.17, 15) is 19.5 Å². The number of allylic oxidation sites excluding steroid dienone is 1. The van der Waals surface area contributed by atoms with Crippen molar-refractivity contribution in [2.75, 3.05) is 26.9 Å². The Labute approximate surface area is 308 Å². The monoisotopic (exact) mass is 727 g/mol. The number of hydrogen-bond donors (Lipinski definition) is 1. The molecule has 2 amide bonds. The van der Waals surface area contributed by atoms with Gasteiger partial charge >= 0.3 is 6.09 Å². The van der Waals surface area contributed by atoms with Gasteiger partial charge < -0.3 is 38.3 Å². The SMILES string of the molecule is CO[C@H]1O[C@H](CO)[C@@H](OCc2ccccc2)[C@H](OCc2ccccc2)[C@@H]1OCCC=C1C=CC(=O)[C@@H]([C@@H](C)C(=O)N2C(=O)OC[C@H]2c2ccccc2)O1. The fourth-order valence-corrected chi connectivity index (χ4v) is 6.62. The Morgan fingerprint density at radius 1 is 0.868 bits per heavy atom. The molecule has 280 valence electrons. The highest BCUT2D eigenvalue weighted by atomic mass is 16.7. The van der Waals surface area contributed by atoms with Crippen LogP contribution in [0.25, 0.3) is 0 Å². The van der Waals surface area contributed by atoms with Gasteiger partial charge in [0.1, 0.15) is 42.8 Å². The number of nitrogens with zero attached hydrogens (tertiary/aromatic N) is 1. The van der Waals surface area contributed by atoms with Crippen molar-refractivity contribution in [3.8, 4) is 0 Å². The molecule has 0 aromatic heterocycles. The molecule has 12 nitrogen and oxygen atoms in total. The molecule has 0 bridgehead atoms. The number of rotatable bonds is 15. The summed E-state index contributed by atoms with van der Waals surface area (Å²) in [5.41, 5.74) is 2.66. The summed E-state index contributed by atoms with van der Waals surface area (Å²) in [5.74, 6) is -1.54. The zero-order valence-electron chi connectivity index (χ0n) is 29.7. The van der Waals surface area contributed by atoms with E-state index in [1.165, 1.54) is 13.2 Å². The number of carbonyl (C=O) groups excluding carboxylic acids is 3. The number of ether oxygens (including phenoxy) is 7. The van der Waals surface area contributed by atoms with Gasteiger partial charge in [0, 0.05) is 7.11 Å². The fourth-order valence-electron chi connectivity index (χ4n) is 6.62. The first kappa shape index (κ1) is 38.0. The normalized spacial score (nSPS) is 27.0. The third kappa shape index (κ3) is 9.28. The van der Waals surface area contributed by atoms with E-state index in [1.54, 1.807) is 19.1 Å². The van der Waals surface area contributed by atoms with Crippen LogP contribution in [0.2, 0.25) is 0 Å². The number of hydrogen-bond acceptors (Lipinski definition) is 11. The lowest BCUT2D eigenvalue weighted by atomic mass is 9.96. The maximum atomic E-state index is 13.6. The van der Waals surface area contributed by atoms with E-state index < -0.39 is 60.8 Å². The first-order valence-electron chi connectivity index (χ1n) is 17.7. The number of carbonyl (C=O) groups is 3. The van der Waals surface area contributed by atoms with Crippen LogP contribution in [0.5, 0.6) is 0 Å². The van der Waals surface area contributed by atoms with Gasteiger partial charge in [-0.2, -0.15) is 0 Å². The second-order valence-corrected chi connectivity index (χ2v) is 13.0. The quantitative estimate of drug-likeness (QED) is 0.210. The van der Waals surface area contributed by atoms with Crippen molar-refractivity contribution in [2.24, 2.45) is 5.92 Å². The van der Waals surface area contributed by atoms with Crippen LogP contribution in [0, 0.1) is 5.92 Å². The van der Waals surface area contributed by atoms with Gasteiger partial charge in [0.15, 0.2) is 18.2 Å². The Kier molecular flexibility index (Phi) is 13.2. The number of aliphatic hydroxyl groups is 1. The average molecular weight is 728 g/mol. The molecule has 3 aromatic rings. The number of methoxy groups -OCH3 is 1. The van der Waals surface area contributed by atoms with E-state index >= 15 is 0 Å². The van der Waals surface area contributed by atoms with Crippen molar-refractivity contribution in [3.63, 3.8) is 0 Å². The highest BCUT2D eigenvalue weighted by molar-refractivity contribution is 6.01. The van der Waals surface area contributed by atoms with Crippen LogP contribution >= 0.6 is 0 Å². The van der Waals surface area contributed by atoms with E-state index in [1.807, 2.05) is 91.0 Å². The van der Waals surface area contributed by atoms with Gasteiger partial charge in [0.25, 0.3) is 0 Å². The van der Waals surface area contributed by atoms with Crippen molar-refractivity contribution >= 4 is 17.8 Å². The van der Waals surface area contributed by atoms with Crippen molar-refractivity contribution in [3.05, 3.63) is 132 Å². The summed E-state index contributed by atoms with van der Waals surface area (Å²) in [7, 11) is 1.50. The molecular formula is C41H45NO11. The van der Waals surface area contributed by atoms with E-state index in [4.69, 9.17) is 33.2 Å². The van der Waals surface area contributed by atoms with E-state index in [0.29, 0.717) is 12.2 Å². The van der Waals surface area contributed by atoms with Crippen molar-refractivity contribution in [1.29, 1.82) is 0 Å². The van der Waals surface area contributed by atoms with Crippen molar-refractivity contribution < 1.29 is 52.6 Å². The number of benzene rings is 3. The van der Waals surface area contributed by atoms with E-state index in [2.05, 4.69) is 0 Å². The molecular weight excluding hydrogens is 682 g/mol.